The van der Waals surface area contributed by atoms with Crippen LogP contribution in [0.3, 0.4) is 0 Å². The minimum atomic E-state index is -1.92. The first-order chi connectivity index (χ1) is 15.1. The fourth-order valence-corrected chi connectivity index (χ4v) is 3.71. The minimum Gasteiger partial charge on any atom is -0.486 e. The van der Waals surface area contributed by atoms with Crippen LogP contribution in [0.15, 0.2) is 47.2 Å². The molecule has 4 heterocycles. The van der Waals surface area contributed by atoms with E-state index in [1.54, 1.807) is 42.7 Å². The SMILES string of the molecule is O=C(Nc1ccc2c(c1)OCCO2)N1CCCC(F)(c2nc(-c3ccncc3)no2)C1. The number of benzene rings is 1. The van der Waals surface area contributed by atoms with E-state index in [4.69, 9.17) is 14.0 Å². The summed E-state index contributed by atoms with van der Waals surface area (Å²) >= 11 is 0. The average molecular weight is 425 g/mol. The molecule has 0 bridgehead atoms. The minimum absolute atomic E-state index is 0.129. The summed E-state index contributed by atoms with van der Waals surface area (Å²) in [6.45, 7) is 1.19. The number of hydrogen-bond donors (Lipinski definition) is 1. The van der Waals surface area contributed by atoms with Crippen molar-refractivity contribution in [3.05, 3.63) is 48.6 Å². The molecule has 9 nitrogen and oxygen atoms in total. The van der Waals surface area contributed by atoms with E-state index in [0.29, 0.717) is 48.9 Å². The summed E-state index contributed by atoms with van der Waals surface area (Å²) in [5.41, 5.74) is -0.694. The molecule has 10 heteroatoms. The van der Waals surface area contributed by atoms with Crippen molar-refractivity contribution in [3.63, 3.8) is 0 Å². The molecule has 1 atom stereocenters. The number of alkyl halides is 1. The van der Waals surface area contributed by atoms with Crippen LogP contribution < -0.4 is 14.8 Å². The lowest BCUT2D eigenvalue weighted by molar-refractivity contribution is 0.0333. The second-order valence-electron chi connectivity index (χ2n) is 7.44. The van der Waals surface area contributed by atoms with Crippen molar-refractivity contribution >= 4 is 11.7 Å². The van der Waals surface area contributed by atoms with Gasteiger partial charge in [0.2, 0.25) is 11.5 Å². The third-order valence-electron chi connectivity index (χ3n) is 5.27. The van der Waals surface area contributed by atoms with E-state index >= 15 is 4.39 Å². The van der Waals surface area contributed by atoms with Crippen LogP contribution in [0.4, 0.5) is 14.9 Å². The number of ether oxygens (including phenoxy) is 2. The number of carbonyl (C=O) groups excluding carboxylic acids is 1. The van der Waals surface area contributed by atoms with Gasteiger partial charge in [-0.3, -0.25) is 4.98 Å². The number of pyridine rings is 1. The molecule has 5 rings (SSSR count). The zero-order chi connectivity index (χ0) is 21.3. The summed E-state index contributed by atoms with van der Waals surface area (Å²) in [6, 6.07) is 8.17. The highest BCUT2D eigenvalue weighted by Crippen LogP contribution is 2.36. The predicted octanol–water partition coefficient (Wildman–Crippen LogP) is 3.40. The number of hydrogen-bond acceptors (Lipinski definition) is 7. The van der Waals surface area contributed by atoms with E-state index in [0.717, 1.165) is 0 Å². The lowest BCUT2D eigenvalue weighted by atomic mass is 9.94. The van der Waals surface area contributed by atoms with Crippen LogP contribution in [0.2, 0.25) is 0 Å². The van der Waals surface area contributed by atoms with Gasteiger partial charge >= 0.3 is 6.03 Å². The maximum Gasteiger partial charge on any atom is 0.321 e. The Labute approximate surface area is 177 Å². The molecular formula is C21H20FN5O4. The number of anilines is 1. The summed E-state index contributed by atoms with van der Waals surface area (Å²) in [6.07, 6.45) is 3.86. The smallest absolute Gasteiger partial charge is 0.321 e. The summed E-state index contributed by atoms with van der Waals surface area (Å²) in [7, 11) is 0. The van der Waals surface area contributed by atoms with Gasteiger partial charge < -0.3 is 24.2 Å². The number of aromatic nitrogens is 3. The van der Waals surface area contributed by atoms with Gasteiger partial charge in [0, 0.05) is 36.3 Å². The molecule has 0 spiro atoms. The Hall–Kier alpha value is -3.69. The summed E-state index contributed by atoms with van der Waals surface area (Å²) < 4.78 is 32.0. The quantitative estimate of drug-likeness (QED) is 0.686. The van der Waals surface area contributed by atoms with Crippen molar-refractivity contribution < 1.29 is 23.2 Å². The molecule has 0 radical (unpaired) electrons. The van der Waals surface area contributed by atoms with Crippen molar-refractivity contribution in [1.29, 1.82) is 0 Å². The lowest BCUT2D eigenvalue weighted by Crippen LogP contribution is -2.48. The molecule has 31 heavy (non-hydrogen) atoms. The Kier molecular flexibility index (Phi) is 4.89. The van der Waals surface area contributed by atoms with Crippen LogP contribution in [0.1, 0.15) is 18.7 Å². The summed E-state index contributed by atoms with van der Waals surface area (Å²) in [5.74, 6) is 1.35. The predicted molar refractivity (Wildman–Crippen MR) is 108 cm³/mol. The molecule has 160 valence electrons. The Morgan fingerprint density at radius 2 is 1.94 bits per heavy atom. The molecule has 1 unspecified atom stereocenters. The molecule has 3 aromatic rings. The van der Waals surface area contributed by atoms with Gasteiger partial charge in [-0.2, -0.15) is 4.98 Å². The second kappa shape index (κ2) is 7.86. The van der Waals surface area contributed by atoms with Gasteiger partial charge in [0.05, 0.1) is 6.54 Å². The Morgan fingerprint density at radius 1 is 1.13 bits per heavy atom. The van der Waals surface area contributed by atoms with Gasteiger partial charge in [0.1, 0.15) is 13.2 Å². The van der Waals surface area contributed by atoms with Crippen LogP contribution in [0.5, 0.6) is 11.5 Å². The average Bonchev–Trinajstić information content (AvgIpc) is 3.31. The number of carbonyl (C=O) groups is 1. The number of likely N-dealkylation sites (tertiary alicyclic amines) is 1. The third-order valence-corrected chi connectivity index (χ3v) is 5.27. The zero-order valence-corrected chi connectivity index (χ0v) is 16.6. The largest absolute Gasteiger partial charge is 0.486 e. The molecule has 2 amide bonds. The number of nitrogens with zero attached hydrogens (tertiary/aromatic N) is 4. The van der Waals surface area contributed by atoms with Crippen molar-refractivity contribution in [2.75, 3.05) is 31.6 Å². The van der Waals surface area contributed by atoms with Gasteiger partial charge in [-0.15, -0.1) is 0 Å². The number of urea groups is 1. The highest BCUT2D eigenvalue weighted by Gasteiger charge is 2.44. The number of halogens is 1. The zero-order valence-electron chi connectivity index (χ0n) is 16.6. The summed E-state index contributed by atoms with van der Waals surface area (Å²) in [4.78, 5) is 22.4. The highest BCUT2D eigenvalue weighted by molar-refractivity contribution is 5.90. The van der Waals surface area contributed by atoms with Gasteiger partial charge in [0.15, 0.2) is 11.5 Å². The van der Waals surface area contributed by atoms with Crippen molar-refractivity contribution in [2.45, 2.75) is 18.5 Å². The maximum absolute atomic E-state index is 15.7. The molecule has 2 aliphatic heterocycles. The van der Waals surface area contributed by atoms with Crippen LogP contribution in [0, 0.1) is 0 Å². The molecule has 1 aromatic carbocycles. The fourth-order valence-electron chi connectivity index (χ4n) is 3.71. The number of rotatable bonds is 3. The second-order valence-corrected chi connectivity index (χ2v) is 7.44. The first kappa shape index (κ1) is 19.3. The Bertz CT molecular complexity index is 1090. The third kappa shape index (κ3) is 3.88. The van der Waals surface area contributed by atoms with Gasteiger partial charge in [-0.05, 0) is 37.1 Å². The molecule has 0 saturated carbocycles. The topological polar surface area (TPSA) is 103 Å². The standard InChI is InChI=1S/C21H20FN5O4/c22-21(19-25-18(26-31-19)14-4-7-23-8-5-14)6-1-9-27(13-21)20(28)24-15-2-3-16-17(12-15)30-11-10-29-16/h2-5,7-8,12H,1,6,9-11,13H2,(H,24,28). The Balaban J connectivity index is 1.29. The molecule has 2 aromatic heterocycles. The highest BCUT2D eigenvalue weighted by atomic mass is 19.1. The van der Waals surface area contributed by atoms with Crippen molar-refractivity contribution in [2.24, 2.45) is 0 Å². The van der Waals surface area contributed by atoms with Gasteiger partial charge in [-0.25, -0.2) is 9.18 Å². The normalized spacial score (nSPS) is 20.4. The first-order valence-corrected chi connectivity index (χ1v) is 10.00. The number of fused-ring (bicyclic) bond motifs is 1. The van der Waals surface area contributed by atoms with E-state index < -0.39 is 11.7 Å². The molecule has 2 aliphatic rings. The van der Waals surface area contributed by atoms with Crippen molar-refractivity contribution in [1.82, 2.24) is 20.0 Å². The summed E-state index contributed by atoms with van der Waals surface area (Å²) in [5, 5.41) is 6.68. The number of piperidine rings is 1. The lowest BCUT2D eigenvalue weighted by Gasteiger charge is -2.35. The number of amides is 2. The first-order valence-electron chi connectivity index (χ1n) is 10.00. The van der Waals surface area contributed by atoms with Gasteiger partial charge in [-0.1, -0.05) is 5.16 Å². The molecular weight excluding hydrogens is 405 g/mol. The van der Waals surface area contributed by atoms with Crippen LogP contribution in [0.25, 0.3) is 11.4 Å². The maximum atomic E-state index is 15.7. The molecule has 1 saturated heterocycles. The fraction of sp³-hybridized carbons (Fsp3) is 0.333. The van der Waals surface area contributed by atoms with E-state index in [1.165, 1.54) is 4.90 Å². The number of nitrogens with one attached hydrogen (secondary N) is 1. The van der Waals surface area contributed by atoms with Crippen molar-refractivity contribution in [3.8, 4) is 22.9 Å². The van der Waals surface area contributed by atoms with Crippen LogP contribution >= 0.6 is 0 Å². The van der Waals surface area contributed by atoms with E-state index in [1.807, 2.05) is 0 Å². The molecule has 1 fully saturated rings. The van der Waals surface area contributed by atoms with E-state index in [9.17, 15) is 4.79 Å². The Morgan fingerprint density at radius 3 is 2.77 bits per heavy atom. The monoisotopic (exact) mass is 425 g/mol. The van der Waals surface area contributed by atoms with E-state index in [2.05, 4.69) is 20.4 Å². The molecule has 1 N–H and O–H groups in total. The molecule has 0 aliphatic carbocycles. The van der Waals surface area contributed by atoms with Crippen LogP contribution in [-0.2, 0) is 5.67 Å². The van der Waals surface area contributed by atoms with Gasteiger partial charge in [0.25, 0.3) is 5.89 Å². The van der Waals surface area contributed by atoms with Crippen LogP contribution in [-0.4, -0.2) is 52.4 Å². The van der Waals surface area contributed by atoms with E-state index in [-0.39, 0.29) is 24.7 Å².